The van der Waals surface area contributed by atoms with Crippen LogP contribution < -0.4 is 10.6 Å². The maximum absolute atomic E-state index is 4.32. The number of rotatable bonds is 6. The van der Waals surface area contributed by atoms with Gasteiger partial charge in [-0.2, -0.15) is 0 Å². The summed E-state index contributed by atoms with van der Waals surface area (Å²) in [6.07, 6.45) is 4.16. The average molecular weight is 267 g/mol. The van der Waals surface area contributed by atoms with Crippen LogP contribution in [0.15, 0.2) is 42.6 Å². The SMILES string of the molecule is CCCNc1cc(NCC2Cc3ccccc32)ccn1. The van der Waals surface area contributed by atoms with Gasteiger partial charge in [-0.15, -0.1) is 0 Å². The van der Waals surface area contributed by atoms with Crippen molar-refractivity contribution in [2.75, 3.05) is 23.7 Å². The Hall–Kier alpha value is -2.03. The zero-order chi connectivity index (χ0) is 13.8. The highest BCUT2D eigenvalue weighted by Gasteiger charge is 2.24. The molecule has 104 valence electrons. The van der Waals surface area contributed by atoms with Crippen molar-refractivity contribution >= 4 is 11.5 Å². The standard InChI is InChI=1S/C17H21N3/c1-2-8-18-17-11-15(7-9-19-17)20-12-14-10-13-5-3-4-6-16(13)14/h3-7,9,11,14H,2,8,10,12H2,1H3,(H2,18,19,20). The number of hydrogen-bond donors (Lipinski definition) is 2. The van der Waals surface area contributed by atoms with Crippen molar-refractivity contribution in [1.29, 1.82) is 0 Å². The number of anilines is 2. The summed E-state index contributed by atoms with van der Waals surface area (Å²) >= 11 is 0. The molecule has 0 spiro atoms. The van der Waals surface area contributed by atoms with Gasteiger partial charge in [0.1, 0.15) is 5.82 Å². The highest BCUT2D eigenvalue weighted by molar-refractivity contribution is 5.52. The highest BCUT2D eigenvalue weighted by atomic mass is 15.0. The van der Waals surface area contributed by atoms with Gasteiger partial charge in [0.15, 0.2) is 0 Å². The zero-order valence-electron chi connectivity index (χ0n) is 11.9. The van der Waals surface area contributed by atoms with Crippen LogP contribution in [0, 0.1) is 0 Å². The zero-order valence-corrected chi connectivity index (χ0v) is 11.9. The molecule has 0 bridgehead atoms. The largest absolute Gasteiger partial charge is 0.384 e. The molecule has 1 unspecified atom stereocenters. The third-order valence-corrected chi connectivity index (χ3v) is 3.83. The number of nitrogens with zero attached hydrogens (tertiary/aromatic N) is 1. The highest BCUT2D eigenvalue weighted by Crippen LogP contribution is 2.34. The van der Waals surface area contributed by atoms with Crippen molar-refractivity contribution < 1.29 is 0 Å². The summed E-state index contributed by atoms with van der Waals surface area (Å²) < 4.78 is 0. The summed E-state index contributed by atoms with van der Waals surface area (Å²) in [5.41, 5.74) is 4.14. The fourth-order valence-corrected chi connectivity index (χ4v) is 2.68. The van der Waals surface area contributed by atoms with Gasteiger partial charge in [0.25, 0.3) is 0 Å². The third kappa shape index (κ3) is 2.77. The van der Waals surface area contributed by atoms with Crippen molar-refractivity contribution in [3.8, 4) is 0 Å². The summed E-state index contributed by atoms with van der Waals surface area (Å²) in [6.45, 7) is 4.11. The van der Waals surface area contributed by atoms with Gasteiger partial charge in [-0.3, -0.25) is 0 Å². The second-order valence-electron chi connectivity index (χ2n) is 5.34. The lowest BCUT2D eigenvalue weighted by Crippen LogP contribution is -2.24. The molecule has 0 amide bonds. The number of nitrogens with one attached hydrogen (secondary N) is 2. The maximum atomic E-state index is 4.32. The molecule has 1 aliphatic carbocycles. The Kier molecular flexibility index (Phi) is 3.86. The van der Waals surface area contributed by atoms with E-state index in [0.717, 1.165) is 31.0 Å². The Morgan fingerprint density at radius 2 is 2.10 bits per heavy atom. The average Bonchev–Trinajstić information content (AvgIpc) is 2.46. The first kappa shape index (κ1) is 13.0. The molecule has 1 atom stereocenters. The van der Waals surface area contributed by atoms with Crippen LogP contribution in [-0.2, 0) is 6.42 Å². The molecule has 2 N–H and O–H groups in total. The lowest BCUT2D eigenvalue weighted by atomic mass is 9.77. The smallest absolute Gasteiger partial charge is 0.127 e. The van der Waals surface area contributed by atoms with E-state index in [1.807, 2.05) is 12.3 Å². The molecule has 0 saturated carbocycles. The molecule has 2 aromatic rings. The maximum Gasteiger partial charge on any atom is 0.127 e. The van der Waals surface area contributed by atoms with Crippen molar-refractivity contribution in [3.63, 3.8) is 0 Å². The van der Waals surface area contributed by atoms with E-state index in [4.69, 9.17) is 0 Å². The first-order valence-corrected chi connectivity index (χ1v) is 7.38. The topological polar surface area (TPSA) is 37.0 Å². The summed E-state index contributed by atoms with van der Waals surface area (Å²) in [7, 11) is 0. The summed E-state index contributed by atoms with van der Waals surface area (Å²) in [6, 6.07) is 12.8. The van der Waals surface area contributed by atoms with Crippen LogP contribution >= 0.6 is 0 Å². The Balaban J connectivity index is 1.57. The monoisotopic (exact) mass is 267 g/mol. The van der Waals surface area contributed by atoms with Gasteiger partial charge in [-0.25, -0.2) is 4.98 Å². The van der Waals surface area contributed by atoms with Gasteiger partial charge in [0, 0.05) is 37.0 Å². The number of fused-ring (bicyclic) bond motifs is 1. The Bertz CT molecular complexity index is 580. The molecule has 0 saturated heterocycles. The van der Waals surface area contributed by atoms with Gasteiger partial charge in [0.2, 0.25) is 0 Å². The second-order valence-corrected chi connectivity index (χ2v) is 5.34. The molecule has 3 nitrogen and oxygen atoms in total. The van der Waals surface area contributed by atoms with Gasteiger partial charge < -0.3 is 10.6 Å². The molecule has 1 aromatic heterocycles. The van der Waals surface area contributed by atoms with Gasteiger partial charge >= 0.3 is 0 Å². The van der Waals surface area contributed by atoms with E-state index in [0.29, 0.717) is 5.92 Å². The molecule has 1 heterocycles. The number of aromatic nitrogens is 1. The van der Waals surface area contributed by atoms with E-state index >= 15 is 0 Å². The van der Waals surface area contributed by atoms with Crippen LogP contribution in [0.2, 0.25) is 0 Å². The van der Waals surface area contributed by atoms with E-state index in [1.165, 1.54) is 17.5 Å². The summed E-state index contributed by atoms with van der Waals surface area (Å²) in [5, 5.41) is 6.84. The quantitative estimate of drug-likeness (QED) is 0.838. The number of benzene rings is 1. The van der Waals surface area contributed by atoms with E-state index in [9.17, 15) is 0 Å². The minimum absolute atomic E-state index is 0.645. The minimum Gasteiger partial charge on any atom is -0.384 e. The van der Waals surface area contributed by atoms with Gasteiger partial charge in [-0.1, -0.05) is 31.2 Å². The third-order valence-electron chi connectivity index (χ3n) is 3.83. The van der Waals surface area contributed by atoms with Crippen LogP contribution in [0.4, 0.5) is 11.5 Å². The van der Waals surface area contributed by atoms with Gasteiger partial charge in [0.05, 0.1) is 0 Å². The molecule has 20 heavy (non-hydrogen) atoms. The first-order valence-electron chi connectivity index (χ1n) is 7.38. The Labute approximate surface area is 120 Å². The molecular formula is C17H21N3. The lowest BCUT2D eigenvalue weighted by molar-refractivity contribution is 0.636. The fraction of sp³-hybridized carbons (Fsp3) is 0.353. The van der Waals surface area contributed by atoms with Crippen LogP contribution in [0.5, 0.6) is 0 Å². The molecule has 1 aliphatic rings. The number of hydrogen-bond acceptors (Lipinski definition) is 3. The second kappa shape index (κ2) is 5.95. The molecule has 1 aromatic carbocycles. The molecule has 3 rings (SSSR count). The van der Waals surface area contributed by atoms with Crippen molar-refractivity contribution in [2.24, 2.45) is 0 Å². The fourth-order valence-electron chi connectivity index (χ4n) is 2.68. The van der Waals surface area contributed by atoms with E-state index in [2.05, 4.69) is 52.9 Å². The van der Waals surface area contributed by atoms with Crippen LogP contribution in [0.3, 0.4) is 0 Å². The van der Waals surface area contributed by atoms with Crippen molar-refractivity contribution in [3.05, 3.63) is 53.7 Å². The number of pyridine rings is 1. The van der Waals surface area contributed by atoms with E-state index < -0.39 is 0 Å². The van der Waals surface area contributed by atoms with Crippen molar-refractivity contribution in [2.45, 2.75) is 25.7 Å². The van der Waals surface area contributed by atoms with Crippen molar-refractivity contribution in [1.82, 2.24) is 4.98 Å². The lowest BCUT2D eigenvalue weighted by Gasteiger charge is -2.30. The van der Waals surface area contributed by atoms with E-state index in [1.54, 1.807) is 0 Å². The molecule has 0 radical (unpaired) electrons. The molecule has 0 aliphatic heterocycles. The Morgan fingerprint density at radius 3 is 2.95 bits per heavy atom. The summed E-state index contributed by atoms with van der Waals surface area (Å²) in [4.78, 5) is 4.32. The molecule has 3 heteroatoms. The van der Waals surface area contributed by atoms with Crippen LogP contribution in [0.1, 0.15) is 30.4 Å². The minimum atomic E-state index is 0.645. The Morgan fingerprint density at radius 1 is 1.20 bits per heavy atom. The normalized spacial score (nSPS) is 16.1. The molecular weight excluding hydrogens is 246 g/mol. The predicted molar refractivity (Wildman–Crippen MR) is 84.4 cm³/mol. The van der Waals surface area contributed by atoms with E-state index in [-0.39, 0.29) is 0 Å². The predicted octanol–water partition coefficient (Wildman–Crippen LogP) is 3.66. The van der Waals surface area contributed by atoms with Crippen LogP contribution in [-0.4, -0.2) is 18.1 Å². The first-order chi connectivity index (χ1) is 9.86. The summed E-state index contributed by atoms with van der Waals surface area (Å²) in [5.74, 6) is 1.59. The van der Waals surface area contributed by atoms with Crippen LogP contribution in [0.25, 0.3) is 0 Å². The molecule has 0 fully saturated rings. The van der Waals surface area contributed by atoms with Gasteiger partial charge in [-0.05, 0) is 30.0 Å².